The summed E-state index contributed by atoms with van der Waals surface area (Å²) in [6.45, 7) is 15.7. The highest BCUT2D eigenvalue weighted by molar-refractivity contribution is 5.97. The summed E-state index contributed by atoms with van der Waals surface area (Å²) in [5.41, 5.74) is 0.718. The summed E-state index contributed by atoms with van der Waals surface area (Å²) in [5.74, 6) is -2.74. The number of pyridine rings is 1. The van der Waals surface area contributed by atoms with Crippen molar-refractivity contribution in [3.63, 3.8) is 0 Å². The van der Waals surface area contributed by atoms with Crippen molar-refractivity contribution in [2.75, 3.05) is 5.32 Å². The van der Waals surface area contributed by atoms with Crippen molar-refractivity contribution in [3.05, 3.63) is 49.1 Å². The molecule has 2 aromatic rings. The van der Waals surface area contributed by atoms with Crippen molar-refractivity contribution in [2.24, 2.45) is 4.99 Å². The lowest BCUT2D eigenvalue weighted by Crippen LogP contribution is -2.30. The van der Waals surface area contributed by atoms with Crippen molar-refractivity contribution < 1.29 is 18.3 Å². The highest BCUT2D eigenvalue weighted by Gasteiger charge is 2.26. The molecule has 0 aromatic carbocycles. The Kier molecular flexibility index (Phi) is 14.5. The molecule has 0 saturated heterocycles. The minimum absolute atomic E-state index is 0.0134. The standard InChI is InChI=1S/C26H34F2N6O2.C3H8/c1-7-10-12-19(9-3)36-25-16-29-15-22(34-25)20-14-30-24(32-18(5)35)13-21(20)33-23(11-8-2)31-17(4)26(6,27)28;1-3-2/h8,11,13-16,19H,4,7,9-10,12H2,1-3,5-6H3,(H2,30,31,32,33,35);3H2,1-2H3/b11-8-;. The average molecular weight is 545 g/mol. The first kappa shape index (κ1) is 33.3. The van der Waals surface area contributed by atoms with Gasteiger partial charge in [0, 0.05) is 31.7 Å². The van der Waals surface area contributed by atoms with E-state index in [1.54, 1.807) is 19.2 Å². The van der Waals surface area contributed by atoms with Crippen molar-refractivity contribution in [2.45, 2.75) is 92.6 Å². The first-order valence-corrected chi connectivity index (χ1v) is 13.3. The van der Waals surface area contributed by atoms with Crippen molar-refractivity contribution in [1.29, 1.82) is 0 Å². The van der Waals surface area contributed by atoms with E-state index in [0.717, 1.165) is 32.6 Å². The zero-order valence-corrected chi connectivity index (χ0v) is 24.1. The van der Waals surface area contributed by atoms with Crippen LogP contribution in [0.1, 0.15) is 80.6 Å². The molecule has 1 amide bonds. The Bertz CT molecular complexity index is 1130. The van der Waals surface area contributed by atoms with Crippen molar-refractivity contribution in [3.8, 4) is 17.1 Å². The molecular formula is C29H42F2N6O2. The molecule has 1 atom stereocenters. The minimum atomic E-state index is -3.16. The Balaban J connectivity index is 0.00000242. The maximum atomic E-state index is 13.7. The number of aliphatic imine (C=N–C) groups is 1. The van der Waals surface area contributed by atoms with Crippen LogP contribution in [-0.2, 0) is 4.79 Å². The summed E-state index contributed by atoms with van der Waals surface area (Å²) < 4.78 is 33.5. The van der Waals surface area contributed by atoms with E-state index in [1.807, 2.05) is 0 Å². The van der Waals surface area contributed by atoms with Gasteiger partial charge in [0.1, 0.15) is 17.8 Å². The SMILES string of the molecule is C=C(NC(/C=C\C)=Nc1cc(NC(C)=O)ncc1-c1cncc(OC(CC)CCCC)n1)C(C)(F)F.CCC. The van der Waals surface area contributed by atoms with Crippen LogP contribution in [0.5, 0.6) is 5.88 Å². The highest BCUT2D eigenvalue weighted by Crippen LogP contribution is 2.32. The molecule has 1 unspecified atom stereocenters. The summed E-state index contributed by atoms with van der Waals surface area (Å²) in [6, 6.07) is 1.53. The fraction of sp³-hybridized carbons (Fsp3) is 0.483. The molecule has 2 aromatic heterocycles. The van der Waals surface area contributed by atoms with Crippen LogP contribution in [0.2, 0.25) is 0 Å². The van der Waals surface area contributed by atoms with Crippen LogP contribution in [0.15, 0.2) is 54.1 Å². The molecule has 0 aliphatic rings. The third-order valence-electron chi connectivity index (χ3n) is 5.07. The molecule has 0 aliphatic carbocycles. The topological polar surface area (TPSA) is 101 Å². The van der Waals surface area contributed by atoms with Crippen LogP contribution in [0.4, 0.5) is 20.3 Å². The van der Waals surface area contributed by atoms with Crippen LogP contribution < -0.4 is 15.4 Å². The van der Waals surface area contributed by atoms with Gasteiger partial charge in [-0.2, -0.15) is 0 Å². The first-order valence-electron chi connectivity index (χ1n) is 13.3. The van der Waals surface area contributed by atoms with Gasteiger partial charge in [0.2, 0.25) is 11.8 Å². The molecule has 2 rings (SSSR count). The molecule has 0 radical (unpaired) electrons. The maximum absolute atomic E-state index is 13.7. The van der Waals surface area contributed by atoms with E-state index in [2.05, 4.69) is 64.9 Å². The minimum Gasteiger partial charge on any atom is -0.473 e. The fourth-order valence-corrected chi connectivity index (χ4v) is 3.13. The van der Waals surface area contributed by atoms with Crippen LogP contribution in [0.25, 0.3) is 11.3 Å². The maximum Gasteiger partial charge on any atom is 0.284 e. The predicted molar refractivity (Wildman–Crippen MR) is 155 cm³/mol. The number of amidine groups is 1. The number of nitrogens with zero attached hydrogens (tertiary/aromatic N) is 4. The molecule has 0 saturated carbocycles. The molecule has 39 heavy (non-hydrogen) atoms. The lowest BCUT2D eigenvalue weighted by Gasteiger charge is -2.17. The van der Waals surface area contributed by atoms with Gasteiger partial charge in [0.05, 0.1) is 29.5 Å². The van der Waals surface area contributed by atoms with Crippen LogP contribution in [-0.4, -0.2) is 38.7 Å². The van der Waals surface area contributed by atoms with E-state index in [0.29, 0.717) is 22.8 Å². The van der Waals surface area contributed by atoms with Gasteiger partial charge >= 0.3 is 0 Å². The summed E-state index contributed by atoms with van der Waals surface area (Å²) in [7, 11) is 0. The molecule has 0 aliphatic heterocycles. The Labute approximate surface area is 231 Å². The number of amides is 1. The summed E-state index contributed by atoms with van der Waals surface area (Å²) in [4.78, 5) is 29.2. The molecule has 0 spiro atoms. The number of aromatic nitrogens is 3. The summed E-state index contributed by atoms with van der Waals surface area (Å²) in [6.07, 6.45) is 12.9. The predicted octanol–water partition coefficient (Wildman–Crippen LogP) is 7.63. The molecule has 0 fully saturated rings. The number of anilines is 1. The van der Waals surface area contributed by atoms with E-state index in [4.69, 9.17) is 4.74 Å². The van der Waals surface area contributed by atoms with E-state index in [9.17, 15) is 13.6 Å². The third-order valence-corrected chi connectivity index (χ3v) is 5.07. The van der Waals surface area contributed by atoms with Crippen LogP contribution in [0.3, 0.4) is 0 Å². The Morgan fingerprint density at radius 3 is 2.49 bits per heavy atom. The number of rotatable bonds is 12. The Morgan fingerprint density at radius 2 is 1.92 bits per heavy atom. The number of alkyl halides is 2. The Morgan fingerprint density at radius 1 is 1.23 bits per heavy atom. The largest absolute Gasteiger partial charge is 0.473 e. The van der Waals surface area contributed by atoms with Gasteiger partial charge < -0.3 is 15.4 Å². The number of halogens is 2. The second-order valence-corrected chi connectivity index (χ2v) is 9.00. The van der Waals surface area contributed by atoms with Gasteiger partial charge in [0.15, 0.2) is 0 Å². The molecular weight excluding hydrogens is 502 g/mol. The van der Waals surface area contributed by atoms with Gasteiger partial charge in [-0.3, -0.25) is 9.78 Å². The number of carbonyl (C=O) groups excluding carboxylic acids is 1. The van der Waals surface area contributed by atoms with Gasteiger partial charge in [-0.05, 0) is 25.8 Å². The normalized spacial score (nSPS) is 12.4. The quantitative estimate of drug-likeness (QED) is 0.210. The highest BCUT2D eigenvalue weighted by atomic mass is 19.3. The number of nitrogens with one attached hydrogen (secondary N) is 2. The molecule has 2 N–H and O–H groups in total. The number of carbonyl (C=O) groups is 1. The van der Waals surface area contributed by atoms with Crippen LogP contribution in [0, 0.1) is 0 Å². The van der Waals surface area contributed by atoms with E-state index < -0.39 is 11.6 Å². The van der Waals surface area contributed by atoms with Crippen LogP contribution >= 0.6 is 0 Å². The molecule has 214 valence electrons. The number of hydrogen-bond donors (Lipinski definition) is 2. The van der Waals surface area contributed by atoms with Gasteiger partial charge in [-0.15, -0.1) is 0 Å². The fourth-order valence-electron chi connectivity index (χ4n) is 3.13. The number of unbranched alkanes of at least 4 members (excludes halogenated alkanes) is 1. The second-order valence-electron chi connectivity index (χ2n) is 9.00. The molecule has 0 bridgehead atoms. The summed E-state index contributed by atoms with van der Waals surface area (Å²) in [5, 5.41) is 5.16. The second kappa shape index (κ2) is 17.0. The monoisotopic (exact) mass is 544 g/mol. The zero-order chi connectivity index (χ0) is 29.4. The molecule has 8 nitrogen and oxygen atoms in total. The lowest BCUT2D eigenvalue weighted by molar-refractivity contribution is -0.114. The molecule has 2 heterocycles. The number of allylic oxidation sites excluding steroid dienone is 2. The van der Waals surface area contributed by atoms with E-state index in [-0.39, 0.29) is 23.7 Å². The van der Waals surface area contributed by atoms with Gasteiger partial charge in [-0.25, -0.2) is 23.7 Å². The van der Waals surface area contributed by atoms with Gasteiger partial charge in [-0.1, -0.05) is 59.6 Å². The summed E-state index contributed by atoms with van der Waals surface area (Å²) >= 11 is 0. The first-order chi connectivity index (χ1) is 18.5. The molecule has 10 heteroatoms. The third kappa shape index (κ3) is 12.1. The zero-order valence-electron chi connectivity index (χ0n) is 24.1. The average Bonchev–Trinajstić information content (AvgIpc) is 2.86. The van der Waals surface area contributed by atoms with Gasteiger partial charge in [0.25, 0.3) is 5.92 Å². The number of ether oxygens (including phenoxy) is 1. The van der Waals surface area contributed by atoms with Crippen molar-refractivity contribution >= 4 is 23.2 Å². The van der Waals surface area contributed by atoms with E-state index >= 15 is 0 Å². The van der Waals surface area contributed by atoms with E-state index in [1.165, 1.54) is 37.9 Å². The Hall–Kier alpha value is -3.69. The number of hydrogen-bond acceptors (Lipinski definition) is 6. The smallest absolute Gasteiger partial charge is 0.284 e. The van der Waals surface area contributed by atoms with Crippen molar-refractivity contribution in [1.82, 2.24) is 20.3 Å². The lowest BCUT2D eigenvalue weighted by atomic mass is 10.1.